The number of sulfone groups is 1. The molecule has 11 heteroatoms. The van der Waals surface area contributed by atoms with Gasteiger partial charge in [-0.15, -0.1) is 11.6 Å². The number of piperidine rings is 1. The highest BCUT2D eigenvalue weighted by Crippen LogP contribution is 2.43. The van der Waals surface area contributed by atoms with Gasteiger partial charge in [-0.25, -0.2) is 8.42 Å². The lowest BCUT2D eigenvalue weighted by molar-refractivity contribution is 0.0297. The molecule has 2 aromatic rings. The number of alkyl halides is 1. The van der Waals surface area contributed by atoms with Crippen LogP contribution < -0.4 is 4.74 Å². The molecular weight excluding hydrogens is 480 g/mol. The lowest BCUT2D eigenvalue weighted by atomic mass is 10.0. The summed E-state index contributed by atoms with van der Waals surface area (Å²) in [5.74, 6) is 0.531. The molecule has 1 aromatic carbocycles. The summed E-state index contributed by atoms with van der Waals surface area (Å²) in [7, 11) is -2.15. The molecule has 0 aliphatic carbocycles. The van der Waals surface area contributed by atoms with Crippen molar-refractivity contribution in [2.75, 3.05) is 58.9 Å². The van der Waals surface area contributed by atoms with E-state index in [1.54, 1.807) is 23.1 Å². The Morgan fingerprint density at radius 1 is 1.26 bits per heavy atom. The zero-order chi connectivity index (χ0) is 23.9. The maximum atomic E-state index is 13.5. The second kappa shape index (κ2) is 9.49. The third kappa shape index (κ3) is 4.21. The van der Waals surface area contributed by atoms with Crippen LogP contribution in [0.25, 0.3) is 11.3 Å². The molecular formula is C23H29ClN4O5S. The molecule has 184 valence electrons. The van der Waals surface area contributed by atoms with E-state index >= 15 is 0 Å². The zero-order valence-electron chi connectivity index (χ0n) is 19.2. The topological polar surface area (TPSA) is 94.0 Å². The van der Waals surface area contributed by atoms with Crippen molar-refractivity contribution in [2.24, 2.45) is 0 Å². The van der Waals surface area contributed by atoms with E-state index in [1.165, 1.54) is 7.11 Å². The van der Waals surface area contributed by atoms with Crippen molar-refractivity contribution >= 4 is 27.3 Å². The number of aromatic nitrogens is 2. The van der Waals surface area contributed by atoms with Crippen LogP contribution in [-0.2, 0) is 20.3 Å². The van der Waals surface area contributed by atoms with Crippen molar-refractivity contribution < 1.29 is 22.7 Å². The lowest BCUT2D eigenvalue weighted by Gasteiger charge is -2.33. The number of nitrogens with zero attached hydrogens (tertiary/aromatic N) is 4. The summed E-state index contributed by atoms with van der Waals surface area (Å²) in [6.45, 7) is 4.36. The Morgan fingerprint density at radius 2 is 2.06 bits per heavy atom. The van der Waals surface area contributed by atoms with E-state index in [2.05, 4.69) is 4.90 Å². The van der Waals surface area contributed by atoms with E-state index in [0.717, 1.165) is 38.2 Å². The molecule has 0 spiro atoms. The number of likely N-dealkylation sites (tertiary alicyclic amines) is 1. The maximum absolute atomic E-state index is 13.5. The van der Waals surface area contributed by atoms with Gasteiger partial charge in [0, 0.05) is 43.2 Å². The molecule has 3 aliphatic heterocycles. The molecule has 1 aromatic heterocycles. The molecule has 3 aliphatic rings. The average Bonchev–Trinajstić information content (AvgIpc) is 3.23. The number of carbonyl (C=O) groups excluding carboxylic acids is 1. The quantitative estimate of drug-likeness (QED) is 0.571. The van der Waals surface area contributed by atoms with Crippen molar-refractivity contribution in [1.82, 2.24) is 19.6 Å². The fourth-order valence-electron chi connectivity index (χ4n) is 5.15. The SMILES string of the molecule is COc1ccc2c(c1)S(=O)(=O)Cc1c(C(=O)N3CCOCC3)nn([C@H]3CCCN(CCCl)C3)c1-2. The van der Waals surface area contributed by atoms with Crippen molar-refractivity contribution in [3.05, 3.63) is 29.5 Å². The third-order valence-electron chi connectivity index (χ3n) is 6.85. The number of carbonyl (C=O) groups is 1. The van der Waals surface area contributed by atoms with Gasteiger partial charge in [-0.3, -0.25) is 9.48 Å². The van der Waals surface area contributed by atoms with Crippen LogP contribution in [0.1, 0.15) is 34.9 Å². The van der Waals surface area contributed by atoms with Crippen LogP contribution in [-0.4, -0.2) is 92.8 Å². The smallest absolute Gasteiger partial charge is 0.274 e. The molecule has 5 rings (SSSR count). The van der Waals surface area contributed by atoms with E-state index in [1.807, 2.05) is 4.68 Å². The summed E-state index contributed by atoms with van der Waals surface area (Å²) >= 11 is 6.00. The average molecular weight is 509 g/mol. The predicted octanol–water partition coefficient (Wildman–Crippen LogP) is 2.19. The Kier molecular flexibility index (Phi) is 6.58. The second-order valence-electron chi connectivity index (χ2n) is 8.93. The van der Waals surface area contributed by atoms with Gasteiger partial charge in [-0.2, -0.15) is 5.10 Å². The number of hydrogen-bond donors (Lipinski definition) is 0. The van der Waals surface area contributed by atoms with E-state index in [-0.39, 0.29) is 28.3 Å². The number of methoxy groups -OCH3 is 1. The van der Waals surface area contributed by atoms with E-state index in [4.69, 9.17) is 26.2 Å². The molecule has 1 atom stereocenters. The first-order valence-corrected chi connectivity index (χ1v) is 13.8. The Balaban J connectivity index is 1.65. The van der Waals surface area contributed by atoms with Crippen molar-refractivity contribution in [3.63, 3.8) is 0 Å². The predicted molar refractivity (Wildman–Crippen MR) is 127 cm³/mol. The van der Waals surface area contributed by atoms with E-state index in [0.29, 0.717) is 49.1 Å². The molecule has 0 radical (unpaired) electrons. The van der Waals surface area contributed by atoms with Gasteiger partial charge in [-0.1, -0.05) is 0 Å². The number of halogens is 1. The van der Waals surface area contributed by atoms with Crippen molar-refractivity contribution in [1.29, 1.82) is 0 Å². The molecule has 9 nitrogen and oxygen atoms in total. The van der Waals surface area contributed by atoms with Crippen LogP contribution in [0.15, 0.2) is 23.1 Å². The standard InChI is InChI=1S/C23H29ClN4O5S/c1-32-17-4-5-18-20(13-17)34(30,31)15-19-21(23(29)27-9-11-33-12-10-27)25-28(22(18)19)16-3-2-7-26(14-16)8-6-24/h4-5,13,16H,2-3,6-12,14-15H2,1H3/t16-/m0/s1. The van der Waals surface area contributed by atoms with Crippen LogP contribution in [0.5, 0.6) is 5.75 Å². The van der Waals surface area contributed by atoms with Gasteiger partial charge < -0.3 is 19.3 Å². The number of hydrogen-bond acceptors (Lipinski definition) is 7. The fourth-order valence-corrected chi connectivity index (χ4v) is 6.99. The Hall–Kier alpha value is -2.14. The maximum Gasteiger partial charge on any atom is 0.274 e. The number of amides is 1. The van der Waals surface area contributed by atoms with Crippen molar-refractivity contribution in [3.8, 4) is 17.0 Å². The van der Waals surface area contributed by atoms with E-state index < -0.39 is 9.84 Å². The summed E-state index contributed by atoms with van der Waals surface area (Å²) in [5.41, 5.74) is 2.02. The van der Waals surface area contributed by atoms with Gasteiger partial charge in [0.05, 0.1) is 42.7 Å². The summed E-state index contributed by atoms with van der Waals surface area (Å²) < 4.78 is 39.2. The Morgan fingerprint density at radius 3 is 2.79 bits per heavy atom. The molecule has 0 N–H and O–H groups in total. The molecule has 0 saturated carbocycles. The summed E-state index contributed by atoms with van der Waals surface area (Å²) in [6, 6.07) is 5.11. The molecule has 0 unspecified atom stereocenters. The number of morpholine rings is 1. The molecule has 0 bridgehead atoms. The van der Waals surface area contributed by atoms with Crippen LogP contribution in [0.4, 0.5) is 0 Å². The Labute approximate surface area is 204 Å². The highest BCUT2D eigenvalue weighted by molar-refractivity contribution is 7.90. The van der Waals surface area contributed by atoms with Gasteiger partial charge in [0.15, 0.2) is 15.5 Å². The lowest BCUT2D eigenvalue weighted by Crippen LogP contribution is -2.41. The second-order valence-corrected chi connectivity index (χ2v) is 11.3. The van der Waals surface area contributed by atoms with Crippen LogP contribution in [0, 0.1) is 0 Å². The molecule has 2 saturated heterocycles. The van der Waals surface area contributed by atoms with Crippen LogP contribution in [0.2, 0.25) is 0 Å². The molecule has 1 amide bonds. The number of ether oxygens (including phenoxy) is 2. The number of fused-ring (bicyclic) bond motifs is 3. The fraction of sp³-hybridized carbons (Fsp3) is 0.565. The summed E-state index contributed by atoms with van der Waals surface area (Å²) in [5, 5.41) is 4.82. The van der Waals surface area contributed by atoms with Gasteiger partial charge in [-0.05, 0) is 37.6 Å². The van der Waals surface area contributed by atoms with Gasteiger partial charge in [0.2, 0.25) is 0 Å². The third-order valence-corrected chi connectivity index (χ3v) is 8.70. The minimum absolute atomic E-state index is 0.0210. The van der Waals surface area contributed by atoms with Crippen LogP contribution >= 0.6 is 11.6 Å². The van der Waals surface area contributed by atoms with Gasteiger partial charge in [0.1, 0.15) is 5.75 Å². The normalized spacial score (nSPS) is 22.2. The largest absolute Gasteiger partial charge is 0.497 e. The van der Waals surface area contributed by atoms with Gasteiger partial charge in [0.25, 0.3) is 5.91 Å². The monoisotopic (exact) mass is 508 g/mol. The first-order valence-electron chi connectivity index (χ1n) is 11.6. The van der Waals surface area contributed by atoms with Crippen LogP contribution in [0.3, 0.4) is 0 Å². The molecule has 34 heavy (non-hydrogen) atoms. The summed E-state index contributed by atoms with van der Waals surface area (Å²) in [6.07, 6.45) is 1.88. The molecule has 2 fully saturated rings. The highest BCUT2D eigenvalue weighted by atomic mass is 35.5. The summed E-state index contributed by atoms with van der Waals surface area (Å²) in [4.78, 5) is 17.7. The first kappa shape index (κ1) is 23.6. The van der Waals surface area contributed by atoms with Gasteiger partial charge >= 0.3 is 0 Å². The number of benzene rings is 1. The minimum atomic E-state index is -3.67. The van der Waals surface area contributed by atoms with Crippen molar-refractivity contribution in [2.45, 2.75) is 29.5 Å². The van der Waals surface area contributed by atoms with E-state index in [9.17, 15) is 13.2 Å². The number of rotatable bonds is 5. The Bertz CT molecular complexity index is 1190. The molecule has 4 heterocycles. The zero-order valence-corrected chi connectivity index (χ0v) is 20.8. The minimum Gasteiger partial charge on any atom is -0.497 e. The highest BCUT2D eigenvalue weighted by Gasteiger charge is 2.39. The first-order chi connectivity index (χ1) is 16.4.